The molecule has 0 aliphatic rings. The molecule has 0 aromatic heterocycles. The Morgan fingerprint density at radius 2 is 1.32 bits per heavy atom. The van der Waals surface area contributed by atoms with Crippen molar-refractivity contribution in [1.29, 1.82) is 0 Å². The first-order chi connectivity index (χ1) is 16.5. The first-order valence-corrected chi connectivity index (χ1v) is 12.8. The van der Waals surface area contributed by atoms with Crippen LogP contribution in [0.1, 0.15) is 85.5 Å². The van der Waals surface area contributed by atoms with Crippen LogP contribution in [0, 0.1) is 0 Å². The quantitative estimate of drug-likeness (QED) is 0.144. The van der Waals surface area contributed by atoms with E-state index in [1.165, 1.54) is 0 Å². The summed E-state index contributed by atoms with van der Waals surface area (Å²) in [6, 6.07) is 5.24. The summed E-state index contributed by atoms with van der Waals surface area (Å²) in [7, 11) is 0. The molecule has 0 N–H and O–H groups in total. The average molecular weight is 493 g/mol. The molecule has 0 saturated heterocycles. The normalized spacial score (nSPS) is 10.9. The number of carbonyl (C=O) groups excluding carboxylic acids is 2. The van der Waals surface area contributed by atoms with Gasteiger partial charge in [-0.3, -0.25) is 9.59 Å². The van der Waals surface area contributed by atoms with Crippen LogP contribution in [0.4, 0.5) is 0 Å². The van der Waals surface area contributed by atoms with Crippen LogP contribution in [0.2, 0.25) is 5.02 Å². The molecule has 0 bridgehead atoms. The first-order valence-electron chi connectivity index (χ1n) is 12.4. The monoisotopic (exact) mass is 492 g/mol. The van der Waals surface area contributed by atoms with Gasteiger partial charge in [-0.25, -0.2) is 0 Å². The third kappa shape index (κ3) is 7.52. The third-order valence-corrected chi connectivity index (χ3v) is 5.58. The molecular weight excluding hydrogens is 456 g/mol. The molecule has 0 atom stereocenters. The molecule has 2 rings (SSSR count). The number of esters is 2. The van der Waals surface area contributed by atoms with Gasteiger partial charge in [0.15, 0.2) is 11.5 Å². The van der Waals surface area contributed by atoms with Crippen LogP contribution in [-0.2, 0) is 9.59 Å². The summed E-state index contributed by atoms with van der Waals surface area (Å²) in [5.41, 5.74) is 0. The van der Waals surface area contributed by atoms with Crippen LogP contribution in [-0.4, -0.2) is 25.2 Å². The average Bonchev–Trinajstić information content (AvgIpc) is 2.82. The second-order valence-corrected chi connectivity index (χ2v) is 8.55. The molecule has 188 valence electrons. The third-order valence-electron chi connectivity index (χ3n) is 5.27. The molecule has 0 aliphatic heterocycles. The van der Waals surface area contributed by atoms with E-state index in [0.717, 1.165) is 38.5 Å². The topological polar surface area (TPSA) is 71.1 Å². The smallest absolute Gasteiger partial charge is 0.311 e. The lowest BCUT2D eigenvalue weighted by Crippen LogP contribution is -2.13. The lowest BCUT2D eigenvalue weighted by Gasteiger charge is -2.22. The van der Waals surface area contributed by atoms with Gasteiger partial charge in [0.2, 0.25) is 11.5 Å². The highest BCUT2D eigenvalue weighted by atomic mass is 35.5. The van der Waals surface area contributed by atoms with E-state index in [1.54, 1.807) is 25.1 Å². The molecule has 0 radical (unpaired) electrons. The molecule has 7 heteroatoms. The van der Waals surface area contributed by atoms with E-state index in [9.17, 15) is 9.59 Å². The fraction of sp³-hybridized carbons (Fsp3) is 0.556. The van der Waals surface area contributed by atoms with Crippen molar-refractivity contribution in [2.45, 2.75) is 85.5 Å². The summed E-state index contributed by atoms with van der Waals surface area (Å²) >= 11 is 6.58. The van der Waals surface area contributed by atoms with Crippen LogP contribution >= 0.6 is 11.6 Å². The minimum absolute atomic E-state index is 0.182. The van der Waals surface area contributed by atoms with Crippen LogP contribution in [0.25, 0.3) is 10.8 Å². The summed E-state index contributed by atoms with van der Waals surface area (Å²) in [5.74, 6) is 0.156. The number of hydrogen-bond donors (Lipinski definition) is 0. The zero-order chi connectivity index (χ0) is 24.9. The first kappa shape index (κ1) is 27.8. The van der Waals surface area contributed by atoms with Gasteiger partial charge < -0.3 is 18.9 Å². The summed E-state index contributed by atoms with van der Waals surface area (Å²) in [4.78, 5) is 24.9. The highest BCUT2D eigenvalue weighted by Crippen LogP contribution is 2.53. The Hall–Kier alpha value is -2.47. The van der Waals surface area contributed by atoms with Crippen molar-refractivity contribution >= 4 is 34.3 Å². The fourth-order valence-corrected chi connectivity index (χ4v) is 3.72. The Bertz CT molecular complexity index is 956. The molecule has 0 heterocycles. The SMILES string of the molecule is CCCCCOc1c(OCCCCC)c(OC(=O)CC)c2c(Cl)cccc2c1OC(=O)CCC. The van der Waals surface area contributed by atoms with E-state index in [2.05, 4.69) is 13.8 Å². The maximum atomic E-state index is 12.6. The Kier molecular flexibility index (Phi) is 12.0. The minimum Gasteiger partial charge on any atom is -0.486 e. The lowest BCUT2D eigenvalue weighted by atomic mass is 10.1. The van der Waals surface area contributed by atoms with E-state index >= 15 is 0 Å². The highest BCUT2D eigenvalue weighted by Gasteiger charge is 2.28. The predicted octanol–water partition coefficient (Wildman–Crippen LogP) is 7.65. The van der Waals surface area contributed by atoms with E-state index in [4.69, 9.17) is 30.5 Å². The Morgan fingerprint density at radius 3 is 1.88 bits per heavy atom. The molecule has 0 amide bonds. The van der Waals surface area contributed by atoms with Crippen molar-refractivity contribution in [2.24, 2.45) is 0 Å². The van der Waals surface area contributed by atoms with Crippen LogP contribution in [0.15, 0.2) is 18.2 Å². The second-order valence-electron chi connectivity index (χ2n) is 8.14. The lowest BCUT2D eigenvalue weighted by molar-refractivity contribution is -0.135. The van der Waals surface area contributed by atoms with Crippen LogP contribution < -0.4 is 18.9 Å². The largest absolute Gasteiger partial charge is 0.486 e. The maximum Gasteiger partial charge on any atom is 0.311 e. The van der Waals surface area contributed by atoms with Crippen molar-refractivity contribution in [2.75, 3.05) is 13.2 Å². The number of halogens is 1. The van der Waals surface area contributed by atoms with Crippen molar-refractivity contribution in [1.82, 2.24) is 0 Å². The van der Waals surface area contributed by atoms with Crippen LogP contribution in [0.5, 0.6) is 23.0 Å². The molecule has 0 aliphatic carbocycles. The van der Waals surface area contributed by atoms with E-state index in [-0.39, 0.29) is 41.8 Å². The fourth-order valence-electron chi connectivity index (χ4n) is 3.45. The Morgan fingerprint density at radius 1 is 0.735 bits per heavy atom. The highest BCUT2D eigenvalue weighted by molar-refractivity contribution is 6.36. The second kappa shape index (κ2) is 14.7. The summed E-state index contributed by atoms with van der Waals surface area (Å²) < 4.78 is 23.9. The number of unbranched alkanes of at least 4 members (excludes halogenated alkanes) is 4. The summed E-state index contributed by atoms with van der Waals surface area (Å²) in [5, 5.41) is 1.35. The van der Waals surface area contributed by atoms with Gasteiger partial charge in [0, 0.05) is 18.2 Å². The molecule has 2 aromatic carbocycles. The molecule has 2 aromatic rings. The predicted molar refractivity (Wildman–Crippen MR) is 135 cm³/mol. The zero-order valence-electron chi connectivity index (χ0n) is 20.8. The van der Waals surface area contributed by atoms with Gasteiger partial charge in [-0.2, -0.15) is 0 Å². The van der Waals surface area contributed by atoms with Gasteiger partial charge in [0.1, 0.15) is 0 Å². The molecule has 34 heavy (non-hydrogen) atoms. The molecule has 6 nitrogen and oxygen atoms in total. The van der Waals surface area contributed by atoms with E-state index in [1.807, 2.05) is 6.92 Å². The number of rotatable bonds is 15. The Balaban J connectivity index is 2.75. The van der Waals surface area contributed by atoms with E-state index in [0.29, 0.717) is 35.4 Å². The molecule has 0 fully saturated rings. The number of fused-ring (bicyclic) bond motifs is 1. The maximum absolute atomic E-state index is 12.6. The number of hydrogen-bond acceptors (Lipinski definition) is 6. The van der Waals surface area contributed by atoms with Crippen molar-refractivity contribution in [3.05, 3.63) is 23.2 Å². The van der Waals surface area contributed by atoms with Crippen molar-refractivity contribution < 1.29 is 28.5 Å². The standard InChI is InChI=1S/C27H37ClO6/c1-5-9-11-17-31-26-24(34-22(30)14-7-3)19-15-13-16-20(28)23(19)25(33-21(29)8-4)27(26)32-18-12-10-6-2/h13,15-16H,5-12,14,17-18H2,1-4H3. The molecule has 0 spiro atoms. The number of ether oxygens (including phenoxy) is 4. The minimum atomic E-state index is -0.424. The summed E-state index contributed by atoms with van der Waals surface area (Å²) in [6.07, 6.45) is 6.79. The Labute approximate surface area is 207 Å². The van der Waals surface area contributed by atoms with Gasteiger partial charge in [0.05, 0.1) is 23.6 Å². The van der Waals surface area contributed by atoms with Crippen LogP contribution in [0.3, 0.4) is 0 Å². The van der Waals surface area contributed by atoms with E-state index < -0.39 is 5.97 Å². The number of carbonyl (C=O) groups is 2. The van der Waals surface area contributed by atoms with Gasteiger partial charge >= 0.3 is 11.9 Å². The van der Waals surface area contributed by atoms with Gasteiger partial charge in [-0.15, -0.1) is 0 Å². The van der Waals surface area contributed by atoms with Gasteiger partial charge in [-0.05, 0) is 25.3 Å². The van der Waals surface area contributed by atoms with Crippen molar-refractivity contribution in [3.63, 3.8) is 0 Å². The van der Waals surface area contributed by atoms with Crippen molar-refractivity contribution in [3.8, 4) is 23.0 Å². The number of benzene rings is 2. The molecular formula is C27H37ClO6. The van der Waals surface area contributed by atoms with Gasteiger partial charge in [0.25, 0.3) is 0 Å². The molecule has 0 unspecified atom stereocenters. The molecule has 0 saturated carbocycles. The summed E-state index contributed by atoms with van der Waals surface area (Å²) in [6.45, 7) is 8.65. The zero-order valence-corrected chi connectivity index (χ0v) is 21.6. The van der Waals surface area contributed by atoms with Gasteiger partial charge in [-0.1, -0.05) is 77.1 Å².